The molecule has 1 saturated heterocycles. The average molecular weight is 1210 g/mol. The number of carbonyl (C=O) groups is 4. The molecule has 4 fully saturated rings. The number of rotatable bonds is 7. The Hall–Kier alpha value is -0.517. The van der Waals surface area contributed by atoms with Crippen LogP contribution in [0.4, 0.5) is 4.79 Å². The van der Waals surface area contributed by atoms with E-state index in [1.807, 2.05) is 0 Å². The number of ketones is 1. The first-order valence-electron chi connectivity index (χ1n) is 18.9. The zero-order valence-corrected chi connectivity index (χ0v) is 42.7. The summed E-state index contributed by atoms with van der Waals surface area (Å²) in [6, 6.07) is 6.87. The maximum atomic E-state index is 14.7. The molecule has 3 saturated carbocycles. The maximum absolute atomic E-state index is 14.7. The van der Waals surface area contributed by atoms with Gasteiger partial charge in [-0.3, -0.25) is 4.79 Å². The predicted octanol–water partition coefficient (Wildman–Crippen LogP) is 2.51. The number of amides is 1. The van der Waals surface area contributed by atoms with Gasteiger partial charge < -0.3 is 49.8 Å². The van der Waals surface area contributed by atoms with Crippen molar-refractivity contribution < 1.29 is 152 Å². The van der Waals surface area contributed by atoms with Crippen LogP contribution in [-0.4, -0.2) is 115 Å². The fourth-order valence-electron chi connectivity index (χ4n) is 9.95. The number of carbonyl (C=O) groups excluding carboxylic acids is 4. The average Bonchev–Trinajstić information content (AvgIpc) is 3.63. The molecule has 1 aliphatic heterocycles. The molecule has 0 aromatic heterocycles. The van der Waals surface area contributed by atoms with Gasteiger partial charge in [-0.25, -0.2) is 14.4 Å². The Morgan fingerprint density at radius 2 is 1.59 bits per heavy atom. The first kappa shape index (κ1) is 48.2. The van der Waals surface area contributed by atoms with Crippen molar-refractivity contribution in [1.82, 2.24) is 5.32 Å². The zero-order valence-electron chi connectivity index (χ0n) is 33.2. The summed E-state index contributed by atoms with van der Waals surface area (Å²) in [5.41, 5.74) is -8.21. The first-order chi connectivity index (χ1) is 25.1. The van der Waals surface area contributed by atoms with Crippen molar-refractivity contribution in [2.24, 2.45) is 22.7 Å². The third kappa shape index (κ3) is 8.27. The standard InChI is InChI=1S/C40H55NO13.2Ac/c1-20-23(52-34(47)29(44)27(21-13-11-12-14-21)41-35(48)54-36(2,3)4)18-40(50)32(53-33(46)22-15-9-8-10-16-22)30-38(7,24(42)17-25-39(30,49)19-51-25)31(45)28(43)26(20)37(40,5)6;;/h8-10,15-16,21,23-25,27-30,32,42-44,49-50H,11-14,17-19H2,1-7H3,(H,41,48);;/t23?,24-,25+,27-,28+,29+,30-,32-,38+,39-,40+;;/m0../s1. The van der Waals surface area contributed by atoms with Gasteiger partial charge in [0.2, 0.25) is 0 Å². The van der Waals surface area contributed by atoms with Crippen LogP contribution >= 0.6 is 0 Å². The van der Waals surface area contributed by atoms with E-state index < -0.39 is 106 Å². The van der Waals surface area contributed by atoms with Crippen LogP contribution in [0.5, 0.6) is 0 Å². The van der Waals surface area contributed by atoms with Gasteiger partial charge in [-0.15, -0.1) is 0 Å². The number of ether oxygens (including phenoxy) is 4. The Kier molecular flexibility index (Phi) is 15.0. The SMILES string of the molecule is CC1=C2[C@@H](O)C(=O)[C@@]3(C)[C@H]([C@H](OC(=O)c4ccccc4)[C@](O)(CC1OC(=O)[C@H](O)[C@@H](NC(=O)OC(C)(C)C)C1CCCC1)C2(C)C)[C@]1(O)CO[C@@H]1C[C@@H]3O.[Ac].[Ac]. The van der Waals surface area contributed by atoms with E-state index in [0.29, 0.717) is 12.8 Å². The number of Topliss-reactive ketones (excluding diaryl/α,β-unsaturated/α-hetero) is 1. The molecule has 304 valence electrons. The van der Waals surface area contributed by atoms with Gasteiger partial charge in [0.25, 0.3) is 0 Å². The summed E-state index contributed by atoms with van der Waals surface area (Å²) in [6.07, 6.45) is -7.90. The monoisotopic (exact) mass is 1210 g/mol. The molecule has 1 amide bonds. The van der Waals surface area contributed by atoms with Crippen LogP contribution in [-0.2, 0) is 28.5 Å². The minimum Gasteiger partial charge on any atom is -0.456 e. The quantitative estimate of drug-likeness (QED) is 0.132. The molecule has 4 aliphatic carbocycles. The van der Waals surface area contributed by atoms with Crippen molar-refractivity contribution in [1.29, 1.82) is 0 Å². The smallest absolute Gasteiger partial charge is 0.407 e. The molecule has 0 spiro atoms. The third-order valence-corrected chi connectivity index (χ3v) is 13.0. The Balaban J connectivity index is 0.00000348. The summed E-state index contributed by atoms with van der Waals surface area (Å²) >= 11 is 0. The van der Waals surface area contributed by atoms with E-state index in [2.05, 4.69) is 5.32 Å². The number of alkyl carbamates (subject to hydrolysis) is 1. The Labute approximate surface area is 399 Å². The van der Waals surface area contributed by atoms with Crippen LogP contribution in [0.2, 0.25) is 0 Å². The fourth-order valence-corrected chi connectivity index (χ4v) is 9.95. The van der Waals surface area contributed by atoms with Crippen LogP contribution in [0, 0.1) is 111 Å². The first-order valence-corrected chi connectivity index (χ1v) is 18.9. The summed E-state index contributed by atoms with van der Waals surface area (Å²) in [6.45, 7) is 10.8. The molecule has 16 heteroatoms. The number of hydrogen-bond acceptors (Lipinski definition) is 13. The molecular weight excluding hydrogens is 1160 g/mol. The minimum absolute atomic E-state index is 0. The molecular formula is C40H55Ac2NO13. The maximum Gasteiger partial charge on any atom is 0.407 e. The normalized spacial score (nSPS) is 36.0. The van der Waals surface area contributed by atoms with E-state index >= 15 is 0 Å². The molecule has 1 heterocycles. The summed E-state index contributed by atoms with van der Waals surface area (Å²) < 4.78 is 23.3. The molecule has 6 N–H and O–H groups in total. The summed E-state index contributed by atoms with van der Waals surface area (Å²) in [4.78, 5) is 55.4. The topological polar surface area (TPSA) is 218 Å². The van der Waals surface area contributed by atoms with Crippen LogP contribution in [0.25, 0.3) is 0 Å². The van der Waals surface area contributed by atoms with Gasteiger partial charge in [-0.2, -0.15) is 0 Å². The molecule has 2 bridgehead atoms. The van der Waals surface area contributed by atoms with Crippen molar-refractivity contribution in [3.8, 4) is 0 Å². The summed E-state index contributed by atoms with van der Waals surface area (Å²) in [5.74, 6) is -4.66. The summed E-state index contributed by atoms with van der Waals surface area (Å²) in [7, 11) is 0. The Morgan fingerprint density at radius 1 is 0.982 bits per heavy atom. The van der Waals surface area contributed by atoms with Crippen molar-refractivity contribution in [3.05, 3.63) is 47.0 Å². The van der Waals surface area contributed by atoms with Gasteiger partial charge in [-0.1, -0.05) is 44.9 Å². The fraction of sp³-hybridized carbons (Fsp3) is 0.700. The molecule has 2 radical (unpaired) electrons. The number of nitrogens with one attached hydrogen (secondary N) is 1. The largest absolute Gasteiger partial charge is 0.456 e. The van der Waals surface area contributed by atoms with Gasteiger partial charge in [0.15, 0.2) is 11.9 Å². The number of hydrogen-bond donors (Lipinski definition) is 6. The van der Waals surface area contributed by atoms with Crippen LogP contribution < -0.4 is 5.32 Å². The number of esters is 2. The second-order valence-electron chi connectivity index (χ2n) is 17.7. The van der Waals surface area contributed by atoms with Gasteiger partial charge in [-0.05, 0) is 76.7 Å². The van der Waals surface area contributed by atoms with Crippen molar-refractivity contribution >= 4 is 23.8 Å². The molecule has 1 aromatic rings. The third-order valence-electron chi connectivity index (χ3n) is 13.0. The molecule has 11 atom stereocenters. The van der Waals surface area contributed by atoms with Crippen molar-refractivity contribution in [3.63, 3.8) is 0 Å². The van der Waals surface area contributed by atoms with Gasteiger partial charge in [0, 0.05) is 112 Å². The second-order valence-corrected chi connectivity index (χ2v) is 17.7. The molecule has 56 heavy (non-hydrogen) atoms. The van der Waals surface area contributed by atoms with Crippen LogP contribution in [0.15, 0.2) is 41.5 Å². The number of benzene rings is 1. The van der Waals surface area contributed by atoms with Gasteiger partial charge in [0.05, 0.1) is 35.8 Å². The van der Waals surface area contributed by atoms with Crippen LogP contribution in [0.1, 0.15) is 97.3 Å². The Bertz CT molecular complexity index is 1690. The van der Waals surface area contributed by atoms with E-state index in [4.69, 9.17) is 18.9 Å². The molecule has 1 unspecified atom stereocenters. The van der Waals surface area contributed by atoms with E-state index in [1.54, 1.807) is 52.8 Å². The van der Waals surface area contributed by atoms with Gasteiger partial charge >= 0.3 is 18.0 Å². The Morgan fingerprint density at radius 3 is 2.14 bits per heavy atom. The molecule has 5 aliphatic rings. The van der Waals surface area contributed by atoms with Crippen molar-refractivity contribution in [2.45, 2.75) is 146 Å². The number of aliphatic hydroxyl groups is 5. The van der Waals surface area contributed by atoms with Crippen molar-refractivity contribution in [2.75, 3.05) is 6.61 Å². The number of aliphatic hydroxyl groups excluding tert-OH is 3. The minimum atomic E-state index is -2.28. The van der Waals surface area contributed by atoms with Gasteiger partial charge in [0.1, 0.15) is 35.1 Å². The molecule has 1 aromatic carbocycles. The van der Waals surface area contributed by atoms with Crippen LogP contribution in [0.3, 0.4) is 0 Å². The molecule has 14 nitrogen and oxygen atoms in total. The zero-order chi connectivity index (χ0) is 39.8. The van der Waals surface area contributed by atoms with E-state index in [-0.39, 0.29) is 124 Å². The second kappa shape index (κ2) is 17.5. The summed E-state index contributed by atoms with van der Waals surface area (Å²) in [5, 5.41) is 63.3. The molecule has 6 rings (SSSR count). The van der Waals surface area contributed by atoms with E-state index in [0.717, 1.165) is 12.8 Å². The van der Waals surface area contributed by atoms with E-state index in [9.17, 15) is 44.7 Å². The van der Waals surface area contributed by atoms with E-state index in [1.165, 1.54) is 26.0 Å². The predicted molar refractivity (Wildman–Crippen MR) is 191 cm³/mol. The number of fused-ring (bicyclic) bond motifs is 5.